The summed E-state index contributed by atoms with van der Waals surface area (Å²) < 4.78 is 12.1. The van der Waals surface area contributed by atoms with Gasteiger partial charge in [0.25, 0.3) is 5.91 Å². The molecule has 0 aliphatic heterocycles. The van der Waals surface area contributed by atoms with Crippen LogP contribution in [0.4, 0.5) is 5.69 Å². The van der Waals surface area contributed by atoms with E-state index in [9.17, 15) is 14.9 Å². The average molecular weight is 589 g/mol. The number of hydrogen-bond acceptors (Lipinski definition) is 5. The van der Waals surface area contributed by atoms with E-state index in [4.69, 9.17) is 26.2 Å². The number of amides is 1. The maximum absolute atomic E-state index is 12.6. The molecule has 0 saturated heterocycles. The van der Waals surface area contributed by atoms with Crippen LogP contribution in [0, 0.1) is 14.9 Å². The number of nitrogens with one attached hydrogen (secondary N) is 1. The number of carbonyl (C=O) groups is 2. The monoisotopic (exact) mass is 588 g/mol. The van der Waals surface area contributed by atoms with Gasteiger partial charge in [-0.25, -0.2) is 4.79 Å². The molecule has 172 valence electrons. The van der Waals surface area contributed by atoms with Gasteiger partial charge in [0.05, 0.1) is 16.2 Å². The number of methoxy groups -OCH3 is 1. The fraction of sp³-hybridized carbons (Fsp3) is 0.0800. The summed E-state index contributed by atoms with van der Waals surface area (Å²) in [5.74, 6) is -0.701. The topological polar surface area (TPSA) is 109 Å². The second-order valence-electron chi connectivity index (χ2n) is 6.96. The Kier molecular flexibility index (Phi) is 8.51. The van der Waals surface area contributed by atoms with Crippen LogP contribution in [0.2, 0.25) is 5.02 Å². The van der Waals surface area contributed by atoms with Crippen LogP contribution in [0.15, 0.2) is 66.2 Å². The van der Waals surface area contributed by atoms with Crippen molar-refractivity contribution < 1.29 is 24.2 Å². The van der Waals surface area contributed by atoms with Gasteiger partial charge < -0.3 is 19.9 Å². The van der Waals surface area contributed by atoms with Gasteiger partial charge in [0.2, 0.25) is 0 Å². The van der Waals surface area contributed by atoms with Crippen LogP contribution >= 0.6 is 34.2 Å². The molecule has 0 radical (unpaired) electrons. The van der Waals surface area contributed by atoms with Gasteiger partial charge in [-0.2, -0.15) is 5.26 Å². The summed E-state index contributed by atoms with van der Waals surface area (Å²) in [5, 5.41) is 21.7. The highest BCUT2D eigenvalue weighted by Crippen LogP contribution is 2.35. The standard InChI is InChI=1S/C25H18ClIN2O5/c1-33-22-12-16(11-21(27)23(22)34-14-15-2-6-19(26)7-3-15)10-18(13-28)24(30)29-20-8-4-17(5-9-20)25(31)32/h2-12H,14H2,1H3,(H,29,30)(H,31,32)/b18-10+. The zero-order valence-electron chi connectivity index (χ0n) is 17.8. The molecule has 0 fully saturated rings. The molecule has 0 aromatic heterocycles. The Labute approximate surface area is 214 Å². The van der Waals surface area contributed by atoms with Crippen molar-refractivity contribution in [1.82, 2.24) is 0 Å². The summed E-state index contributed by atoms with van der Waals surface area (Å²) in [5.41, 5.74) is 1.84. The van der Waals surface area contributed by atoms with Gasteiger partial charge in [-0.15, -0.1) is 0 Å². The SMILES string of the molecule is COc1cc(/C=C(\C#N)C(=O)Nc2ccc(C(=O)O)cc2)cc(I)c1OCc1ccc(Cl)cc1. The van der Waals surface area contributed by atoms with Crippen molar-refractivity contribution in [2.75, 3.05) is 12.4 Å². The van der Waals surface area contributed by atoms with E-state index in [1.54, 1.807) is 24.3 Å². The zero-order chi connectivity index (χ0) is 24.7. The zero-order valence-corrected chi connectivity index (χ0v) is 20.8. The predicted octanol–water partition coefficient (Wildman–Crippen LogP) is 5.78. The number of rotatable bonds is 8. The number of benzene rings is 3. The third-order valence-corrected chi connectivity index (χ3v) is 5.67. The molecule has 0 saturated carbocycles. The summed E-state index contributed by atoms with van der Waals surface area (Å²) in [6.07, 6.45) is 1.44. The number of nitriles is 1. The lowest BCUT2D eigenvalue weighted by Gasteiger charge is -2.14. The molecule has 34 heavy (non-hydrogen) atoms. The van der Waals surface area contributed by atoms with E-state index in [1.807, 2.05) is 18.2 Å². The van der Waals surface area contributed by atoms with Gasteiger partial charge in [-0.3, -0.25) is 4.79 Å². The highest BCUT2D eigenvalue weighted by atomic mass is 127. The number of anilines is 1. The van der Waals surface area contributed by atoms with E-state index in [0.717, 1.165) is 9.13 Å². The molecule has 3 rings (SSSR count). The van der Waals surface area contributed by atoms with Crippen LogP contribution in [0.1, 0.15) is 21.5 Å². The Morgan fingerprint density at radius 3 is 2.41 bits per heavy atom. The Morgan fingerprint density at radius 1 is 1.15 bits per heavy atom. The fourth-order valence-corrected chi connectivity index (χ4v) is 3.82. The highest BCUT2D eigenvalue weighted by molar-refractivity contribution is 14.1. The molecule has 0 unspecified atom stereocenters. The number of ether oxygens (including phenoxy) is 2. The molecule has 1 amide bonds. The Hall–Kier alpha value is -3.55. The Bertz CT molecular complexity index is 1280. The number of carboxylic acids is 1. The van der Waals surface area contributed by atoms with E-state index < -0.39 is 11.9 Å². The van der Waals surface area contributed by atoms with Crippen LogP contribution in [0.5, 0.6) is 11.5 Å². The van der Waals surface area contributed by atoms with Crippen LogP contribution < -0.4 is 14.8 Å². The molecular weight excluding hydrogens is 571 g/mol. The minimum atomic E-state index is -1.07. The Morgan fingerprint density at radius 2 is 1.82 bits per heavy atom. The van der Waals surface area contributed by atoms with Gasteiger partial charge in [0.15, 0.2) is 11.5 Å². The number of hydrogen-bond donors (Lipinski definition) is 2. The number of carbonyl (C=O) groups excluding carboxylic acids is 1. The van der Waals surface area contributed by atoms with Crippen LogP contribution in [-0.2, 0) is 11.4 Å². The van der Waals surface area contributed by atoms with Crippen molar-refractivity contribution in [3.05, 3.63) is 91.5 Å². The van der Waals surface area contributed by atoms with Crippen LogP contribution in [0.25, 0.3) is 6.08 Å². The minimum absolute atomic E-state index is 0.0917. The molecule has 0 aliphatic rings. The van der Waals surface area contributed by atoms with Crippen LogP contribution in [0.3, 0.4) is 0 Å². The number of nitrogens with zero attached hydrogens (tertiary/aromatic N) is 1. The minimum Gasteiger partial charge on any atom is -0.493 e. The first-order chi connectivity index (χ1) is 16.3. The van der Waals surface area contributed by atoms with Crippen molar-refractivity contribution in [2.24, 2.45) is 0 Å². The summed E-state index contributed by atoms with van der Waals surface area (Å²) in [4.78, 5) is 23.5. The van der Waals surface area contributed by atoms with Gasteiger partial charge in [0, 0.05) is 10.7 Å². The molecule has 7 nitrogen and oxygen atoms in total. The first-order valence-corrected chi connectivity index (χ1v) is 11.3. The molecular formula is C25H18ClIN2O5. The molecule has 0 bridgehead atoms. The van der Waals surface area contributed by atoms with E-state index >= 15 is 0 Å². The first kappa shape index (κ1) is 25.1. The van der Waals surface area contributed by atoms with Crippen molar-refractivity contribution in [3.8, 4) is 17.6 Å². The molecule has 3 aromatic carbocycles. The summed E-state index contributed by atoms with van der Waals surface area (Å²) in [6.45, 7) is 0.311. The molecule has 0 heterocycles. The van der Waals surface area contributed by atoms with Gasteiger partial charge in [-0.1, -0.05) is 23.7 Å². The summed E-state index contributed by atoms with van der Waals surface area (Å²) in [6, 6.07) is 18.3. The molecule has 0 atom stereocenters. The first-order valence-electron chi connectivity index (χ1n) is 9.82. The van der Waals surface area contributed by atoms with Gasteiger partial charge in [0.1, 0.15) is 18.2 Å². The average Bonchev–Trinajstić information content (AvgIpc) is 2.82. The van der Waals surface area contributed by atoms with Gasteiger partial charge in [-0.05, 0) is 88.3 Å². The highest BCUT2D eigenvalue weighted by Gasteiger charge is 2.15. The normalized spacial score (nSPS) is 10.8. The molecule has 0 spiro atoms. The number of aromatic carboxylic acids is 1. The van der Waals surface area contributed by atoms with Crippen molar-refractivity contribution in [1.29, 1.82) is 5.26 Å². The number of carboxylic acid groups (broad SMARTS) is 1. The molecule has 3 aromatic rings. The van der Waals surface area contributed by atoms with Crippen molar-refractivity contribution >= 4 is 57.8 Å². The maximum atomic E-state index is 12.6. The predicted molar refractivity (Wildman–Crippen MR) is 137 cm³/mol. The lowest BCUT2D eigenvalue weighted by Crippen LogP contribution is -2.13. The lowest BCUT2D eigenvalue weighted by atomic mass is 10.1. The Balaban J connectivity index is 1.78. The second kappa shape index (κ2) is 11.5. The third kappa shape index (κ3) is 6.50. The van der Waals surface area contributed by atoms with E-state index in [2.05, 4.69) is 27.9 Å². The lowest BCUT2D eigenvalue weighted by molar-refractivity contribution is -0.112. The summed E-state index contributed by atoms with van der Waals surface area (Å²) >= 11 is 8.02. The third-order valence-electron chi connectivity index (χ3n) is 4.61. The second-order valence-corrected chi connectivity index (χ2v) is 8.55. The molecule has 9 heteroatoms. The largest absolute Gasteiger partial charge is 0.493 e. The molecule has 0 aliphatic carbocycles. The van der Waals surface area contributed by atoms with Crippen molar-refractivity contribution in [3.63, 3.8) is 0 Å². The fourth-order valence-electron chi connectivity index (χ4n) is 2.91. The van der Waals surface area contributed by atoms with Gasteiger partial charge >= 0.3 is 5.97 Å². The van der Waals surface area contributed by atoms with E-state index in [-0.39, 0.29) is 11.1 Å². The van der Waals surface area contributed by atoms with E-state index in [0.29, 0.717) is 34.4 Å². The quantitative estimate of drug-likeness (QED) is 0.196. The molecule has 2 N–H and O–H groups in total. The van der Waals surface area contributed by atoms with Crippen molar-refractivity contribution in [2.45, 2.75) is 6.61 Å². The summed E-state index contributed by atoms with van der Waals surface area (Å²) in [7, 11) is 1.51. The van der Waals surface area contributed by atoms with Crippen LogP contribution in [-0.4, -0.2) is 24.1 Å². The smallest absolute Gasteiger partial charge is 0.335 e. The van der Waals surface area contributed by atoms with E-state index in [1.165, 1.54) is 37.5 Å². The maximum Gasteiger partial charge on any atom is 0.335 e. The number of halogens is 2.